The fourth-order valence-electron chi connectivity index (χ4n) is 2.08. The molecule has 0 unspecified atom stereocenters. The molecule has 1 aromatic heterocycles. The lowest BCUT2D eigenvalue weighted by atomic mass is 10.3. The fourth-order valence-corrected chi connectivity index (χ4v) is 2.82. The van der Waals surface area contributed by atoms with E-state index >= 15 is 0 Å². The van der Waals surface area contributed by atoms with Crippen LogP contribution in [0.2, 0.25) is 0 Å². The molecule has 5 nitrogen and oxygen atoms in total. The van der Waals surface area contributed by atoms with Crippen molar-refractivity contribution in [3.63, 3.8) is 0 Å². The highest BCUT2D eigenvalue weighted by Crippen LogP contribution is 2.23. The lowest BCUT2D eigenvalue weighted by molar-refractivity contribution is -0.129. The van der Waals surface area contributed by atoms with Gasteiger partial charge in [0.15, 0.2) is 5.76 Å². The Bertz CT molecular complexity index is 486. The molecule has 2 amide bonds. The average Bonchev–Trinajstić information content (AvgIpc) is 2.97. The number of carbonyl (C=O) groups is 2. The number of rotatable bonds is 3. The summed E-state index contributed by atoms with van der Waals surface area (Å²) in [5.74, 6) is 0.907. The van der Waals surface area contributed by atoms with Gasteiger partial charge in [-0.15, -0.1) is 11.8 Å². The molecule has 1 aliphatic heterocycles. The van der Waals surface area contributed by atoms with E-state index in [4.69, 9.17) is 4.42 Å². The highest BCUT2D eigenvalue weighted by atomic mass is 32.2. The summed E-state index contributed by atoms with van der Waals surface area (Å²) >= 11 is 1.65. The van der Waals surface area contributed by atoms with Gasteiger partial charge in [-0.05, 0) is 12.1 Å². The largest absolute Gasteiger partial charge is 0.459 e. The first-order valence-electron chi connectivity index (χ1n) is 7.11. The molecule has 6 heteroatoms. The van der Waals surface area contributed by atoms with Crippen LogP contribution < -0.4 is 0 Å². The van der Waals surface area contributed by atoms with Gasteiger partial charge in [-0.3, -0.25) is 9.59 Å². The smallest absolute Gasteiger partial charge is 0.289 e. The van der Waals surface area contributed by atoms with E-state index in [1.165, 1.54) is 6.26 Å². The van der Waals surface area contributed by atoms with Crippen molar-refractivity contribution < 1.29 is 14.0 Å². The molecule has 1 saturated heterocycles. The van der Waals surface area contributed by atoms with Gasteiger partial charge in [-0.25, -0.2) is 0 Å². The van der Waals surface area contributed by atoms with Crippen LogP contribution in [0.25, 0.3) is 0 Å². The third-order valence-electron chi connectivity index (χ3n) is 3.28. The molecule has 0 bridgehead atoms. The zero-order valence-electron chi connectivity index (χ0n) is 12.8. The normalized spacial score (nSPS) is 16.1. The molecule has 1 aromatic rings. The van der Waals surface area contributed by atoms with Crippen molar-refractivity contribution in [2.45, 2.75) is 25.5 Å². The molecule has 2 rings (SSSR count). The van der Waals surface area contributed by atoms with Gasteiger partial charge in [0.25, 0.3) is 5.91 Å². The van der Waals surface area contributed by atoms with Crippen molar-refractivity contribution in [1.82, 2.24) is 9.80 Å². The lowest BCUT2D eigenvalue weighted by Crippen LogP contribution is -2.51. The molecule has 0 radical (unpaired) electrons. The van der Waals surface area contributed by atoms with Gasteiger partial charge in [0.1, 0.15) is 0 Å². The van der Waals surface area contributed by atoms with Gasteiger partial charge < -0.3 is 14.2 Å². The molecule has 21 heavy (non-hydrogen) atoms. The van der Waals surface area contributed by atoms with Gasteiger partial charge in [0, 0.05) is 30.9 Å². The van der Waals surface area contributed by atoms with Gasteiger partial charge in [-0.1, -0.05) is 20.8 Å². The maximum atomic E-state index is 12.1. The van der Waals surface area contributed by atoms with Crippen molar-refractivity contribution in [2.24, 2.45) is 0 Å². The van der Waals surface area contributed by atoms with Crippen LogP contribution in [-0.4, -0.2) is 58.3 Å². The number of piperazine rings is 1. The minimum absolute atomic E-state index is 0.0900. The van der Waals surface area contributed by atoms with E-state index in [9.17, 15) is 9.59 Å². The second-order valence-electron chi connectivity index (χ2n) is 6.05. The Morgan fingerprint density at radius 3 is 2.33 bits per heavy atom. The standard InChI is InChI=1S/C15H22N2O3S/c1-15(2,3)21-11-13(18)16-6-8-17(9-7-16)14(19)12-5-4-10-20-12/h4-5,10H,6-9,11H2,1-3H3. The Balaban J connectivity index is 1.80. The second kappa shape index (κ2) is 6.56. The van der Waals surface area contributed by atoms with E-state index < -0.39 is 0 Å². The molecule has 0 N–H and O–H groups in total. The summed E-state index contributed by atoms with van der Waals surface area (Å²) in [6.07, 6.45) is 1.50. The second-order valence-corrected chi connectivity index (χ2v) is 7.85. The van der Waals surface area contributed by atoms with Gasteiger partial charge >= 0.3 is 0 Å². The molecule has 0 aromatic carbocycles. The predicted molar refractivity (Wildman–Crippen MR) is 83.4 cm³/mol. The van der Waals surface area contributed by atoms with Crippen molar-refractivity contribution in [3.05, 3.63) is 24.2 Å². The van der Waals surface area contributed by atoms with Crippen molar-refractivity contribution in [3.8, 4) is 0 Å². The van der Waals surface area contributed by atoms with Crippen molar-refractivity contribution >= 4 is 23.6 Å². The van der Waals surface area contributed by atoms with Crippen LogP contribution in [-0.2, 0) is 4.79 Å². The number of amides is 2. The lowest BCUT2D eigenvalue weighted by Gasteiger charge is -2.34. The molecule has 0 atom stereocenters. The van der Waals surface area contributed by atoms with E-state index in [-0.39, 0.29) is 16.6 Å². The van der Waals surface area contributed by atoms with E-state index in [1.54, 1.807) is 28.8 Å². The number of thioether (sulfide) groups is 1. The summed E-state index contributed by atoms with van der Waals surface area (Å²) in [7, 11) is 0. The Morgan fingerprint density at radius 2 is 1.81 bits per heavy atom. The third-order valence-corrected chi connectivity index (χ3v) is 4.54. The average molecular weight is 310 g/mol. The first kappa shape index (κ1) is 15.9. The highest BCUT2D eigenvalue weighted by Gasteiger charge is 2.26. The number of nitrogens with zero attached hydrogens (tertiary/aromatic N) is 2. The van der Waals surface area contributed by atoms with Crippen LogP contribution in [0.15, 0.2) is 22.8 Å². The molecular formula is C15H22N2O3S. The summed E-state index contributed by atoms with van der Waals surface area (Å²) in [4.78, 5) is 27.8. The topological polar surface area (TPSA) is 53.8 Å². The molecule has 2 heterocycles. The summed E-state index contributed by atoms with van der Waals surface area (Å²) in [5.41, 5.74) is 0. The fraction of sp³-hybridized carbons (Fsp3) is 0.600. The van der Waals surface area contributed by atoms with E-state index in [2.05, 4.69) is 20.8 Å². The van der Waals surface area contributed by atoms with E-state index in [0.717, 1.165) is 0 Å². The molecule has 0 saturated carbocycles. The predicted octanol–water partition coefficient (Wildman–Crippen LogP) is 2.10. The highest BCUT2D eigenvalue weighted by molar-refractivity contribution is 8.01. The Hall–Kier alpha value is -1.43. The van der Waals surface area contributed by atoms with E-state index in [1.807, 2.05) is 4.90 Å². The van der Waals surface area contributed by atoms with E-state index in [0.29, 0.717) is 37.7 Å². The molecule has 1 fully saturated rings. The molecule has 1 aliphatic rings. The van der Waals surface area contributed by atoms with Crippen molar-refractivity contribution in [1.29, 1.82) is 0 Å². The summed E-state index contributed by atoms with van der Waals surface area (Å²) in [5, 5.41) is 0. The first-order valence-corrected chi connectivity index (χ1v) is 8.10. The molecule has 0 spiro atoms. The molecular weight excluding hydrogens is 288 g/mol. The van der Waals surface area contributed by atoms with Gasteiger partial charge in [0.05, 0.1) is 12.0 Å². The molecule has 0 aliphatic carbocycles. The summed E-state index contributed by atoms with van der Waals surface area (Å²) < 4.78 is 5.21. The third kappa shape index (κ3) is 4.52. The monoisotopic (exact) mass is 310 g/mol. The van der Waals surface area contributed by atoms with Crippen LogP contribution in [0.1, 0.15) is 31.3 Å². The minimum Gasteiger partial charge on any atom is -0.459 e. The number of furan rings is 1. The van der Waals surface area contributed by atoms with Crippen LogP contribution in [0, 0.1) is 0 Å². The summed E-state index contributed by atoms with van der Waals surface area (Å²) in [6, 6.07) is 3.37. The van der Waals surface area contributed by atoms with Gasteiger partial charge in [-0.2, -0.15) is 0 Å². The zero-order valence-corrected chi connectivity index (χ0v) is 13.6. The van der Waals surface area contributed by atoms with Crippen LogP contribution in [0.3, 0.4) is 0 Å². The Morgan fingerprint density at radius 1 is 1.19 bits per heavy atom. The SMILES string of the molecule is CC(C)(C)SCC(=O)N1CCN(C(=O)c2ccco2)CC1. The quantitative estimate of drug-likeness (QED) is 0.858. The van der Waals surface area contributed by atoms with Crippen LogP contribution in [0.5, 0.6) is 0 Å². The number of hydrogen-bond donors (Lipinski definition) is 0. The maximum absolute atomic E-state index is 12.1. The van der Waals surface area contributed by atoms with Crippen LogP contribution >= 0.6 is 11.8 Å². The van der Waals surface area contributed by atoms with Crippen molar-refractivity contribution in [2.75, 3.05) is 31.9 Å². The first-order chi connectivity index (χ1) is 9.87. The number of carbonyl (C=O) groups excluding carboxylic acids is 2. The number of hydrogen-bond acceptors (Lipinski definition) is 4. The Labute approximate surface area is 129 Å². The summed E-state index contributed by atoms with van der Waals surface area (Å²) in [6.45, 7) is 8.61. The Kier molecular flexibility index (Phi) is 4.98. The zero-order chi connectivity index (χ0) is 15.5. The van der Waals surface area contributed by atoms with Crippen LogP contribution in [0.4, 0.5) is 0 Å². The maximum Gasteiger partial charge on any atom is 0.289 e. The minimum atomic E-state index is -0.101. The molecule has 116 valence electrons. The van der Waals surface area contributed by atoms with Gasteiger partial charge in [0.2, 0.25) is 5.91 Å².